The SMILES string of the molecule is Cc1ccc(S(=O)(=O)N=S(=O)(C#Cc2ccsc2)c2ccc(C)cc2)cc1. The van der Waals surface area contributed by atoms with E-state index in [1.165, 1.54) is 23.5 Å². The molecule has 7 heteroatoms. The van der Waals surface area contributed by atoms with E-state index < -0.39 is 19.8 Å². The molecule has 0 amide bonds. The fourth-order valence-electron chi connectivity index (χ4n) is 2.20. The molecule has 2 aromatic carbocycles. The first-order valence-corrected chi connectivity index (χ1v) is 11.9. The third-order valence-electron chi connectivity index (χ3n) is 3.72. The zero-order chi connectivity index (χ0) is 19.5. The lowest BCUT2D eigenvalue weighted by molar-refractivity contribution is 0.598. The van der Waals surface area contributed by atoms with Crippen LogP contribution in [0.15, 0.2) is 78.9 Å². The second-order valence-corrected chi connectivity index (χ2v) is 10.5. The van der Waals surface area contributed by atoms with Gasteiger partial charge in [-0.05, 0) is 49.6 Å². The van der Waals surface area contributed by atoms with Gasteiger partial charge < -0.3 is 0 Å². The normalized spacial score (nSPS) is 13.3. The summed E-state index contributed by atoms with van der Waals surface area (Å²) in [5, 5.41) is 6.26. The van der Waals surface area contributed by atoms with Crippen LogP contribution < -0.4 is 0 Å². The average molecular weight is 416 g/mol. The summed E-state index contributed by atoms with van der Waals surface area (Å²) in [6.45, 7) is 3.75. The highest BCUT2D eigenvalue weighted by Crippen LogP contribution is 2.21. The first-order chi connectivity index (χ1) is 12.8. The van der Waals surface area contributed by atoms with E-state index in [4.69, 9.17) is 0 Å². The van der Waals surface area contributed by atoms with Crippen molar-refractivity contribution in [1.82, 2.24) is 0 Å². The number of sulfonamides is 1. The number of hydrogen-bond acceptors (Lipinski definition) is 4. The van der Waals surface area contributed by atoms with Crippen molar-refractivity contribution in [2.24, 2.45) is 3.77 Å². The molecule has 1 aromatic heterocycles. The van der Waals surface area contributed by atoms with Crippen LogP contribution in [0.1, 0.15) is 16.7 Å². The van der Waals surface area contributed by atoms with Gasteiger partial charge in [0, 0.05) is 16.2 Å². The fraction of sp³-hybridized carbons (Fsp3) is 0.100. The Kier molecular flexibility index (Phi) is 5.51. The Balaban J connectivity index is 2.20. The van der Waals surface area contributed by atoms with E-state index in [9.17, 15) is 12.6 Å². The first kappa shape index (κ1) is 19.4. The van der Waals surface area contributed by atoms with Crippen molar-refractivity contribution in [2.75, 3.05) is 0 Å². The largest absolute Gasteiger partial charge is 0.291 e. The van der Waals surface area contributed by atoms with E-state index in [0.717, 1.165) is 11.1 Å². The first-order valence-electron chi connectivity index (χ1n) is 8.00. The maximum absolute atomic E-state index is 13.5. The molecule has 0 bridgehead atoms. The van der Waals surface area contributed by atoms with Crippen LogP contribution in [-0.2, 0) is 19.8 Å². The summed E-state index contributed by atoms with van der Waals surface area (Å²) in [4.78, 5) is 0.261. The summed E-state index contributed by atoms with van der Waals surface area (Å²) >= 11 is 1.46. The van der Waals surface area contributed by atoms with Gasteiger partial charge in [-0.1, -0.05) is 45.1 Å². The summed E-state index contributed by atoms with van der Waals surface area (Å²) in [7, 11) is -7.63. The van der Waals surface area contributed by atoms with Gasteiger partial charge in [0.05, 0.1) is 9.79 Å². The third-order valence-corrected chi connectivity index (χ3v) is 8.18. The molecular formula is C20H17NO3S3. The van der Waals surface area contributed by atoms with Crippen molar-refractivity contribution in [2.45, 2.75) is 23.6 Å². The maximum Gasteiger partial charge on any atom is 0.291 e. The quantitative estimate of drug-likeness (QED) is 0.588. The monoisotopic (exact) mass is 415 g/mol. The zero-order valence-electron chi connectivity index (χ0n) is 14.7. The molecule has 0 aliphatic heterocycles. The number of benzene rings is 2. The van der Waals surface area contributed by atoms with Crippen molar-refractivity contribution < 1.29 is 12.6 Å². The number of hydrogen-bond donors (Lipinski definition) is 0. The van der Waals surface area contributed by atoms with Gasteiger partial charge >= 0.3 is 0 Å². The van der Waals surface area contributed by atoms with Crippen molar-refractivity contribution in [3.05, 3.63) is 82.0 Å². The molecule has 1 unspecified atom stereocenters. The predicted molar refractivity (Wildman–Crippen MR) is 110 cm³/mol. The van der Waals surface area contributed by atoms with E-state index in [-0.39, 0.29) is 9.79 Å². The highest BCUT2D eigenvalue weighted by molar-refractivity contribution is 8.06. The van der Waals surface area contributed by atoms with Crippen LogP contribution in [0, 0.1) is 25.0 Å². The minimum Gasteiger partial charge on any atom is -0.230 e. The van der Waals surface area contributed by atoms with Gasteiger partial charge in [0.25, 0.3) is 10.0 Å². The summed E-state index contributed by atoms with van der Waals surface area (Å²) in [5.74, 6) is 2.79. The molecular weight excluding hydrogens is 398 g/mol. The number of thiophene rings is 1. The number of nitrogens with zero attached hydrogens (tertiary/aromatic N) is 1. The third kappa shape index (κ3) is 4.66. The lowest BCUT2D eigenvalue weighted by Gasteiger charge is -2.05. The predicted octanol–water partition coefficient (Wildman–Crippen LogP) is 4.59. The molecule has 0 aliphatic carbocycles. The molecule has 0 N–H and O–H groups in total. The summed E-state index contributed by atoms with van der Waals surface area (Å²) < 4.78 is 42.8. The Morgan fingerprint density at radius 1 is 0.815 bits per heavy atom. The van der Waals surface area contributed by atoms with Crippen molar-refractivity contribution in [3.63, 3.8) is 0 Å². The Morgan fingerprint density at radius 2 is 1.37 bits per heavy atom. The van der Waals surface area contributed by atoms with Crippen LogP contribution in [0.25, 0.3) is 0 Å². The van der Waals surface area contributed by atoms with Crippen LogP contribution in [0.2, 0.25) is 0 Å². The zero-order valence-corrected chi connectivity index (χ0v) is 17.2. The Labute approximate surface area is 164 Å². The van der Waals surface area contributed by atoms with Gasteiger partial charge in [0.15, 0.2) is 9.73 Å². The van der Waals surface area contributed by atoms with Crippen molar-refractivity contribution >= 4 is 31.1 Å². The molecule has 0 fully saturated rings. The van der Waals surface area contributed by atoms with E-state index >= 15 is 0 Å². The van der Waals surface area contributed by atoms with E-state index in [1.807, 2.05) is 19.2 Å². The molecule has 0 aliphatic rings. The van der Waals surface area contributed by atoms with Gasteiger partial charge in [0.1, 0.15) is 0 Å². The van der Waals surface area contributed by atoms with Crippen LogP contribution in [0.5, 0.6) is 0 Å². The standard InChI is InChI=1S/C20H17NO3S3/c1-16-3-7-19(8-4-16)26(22,14-12-18-11-13-25-15-18)21-27(23,24)20-9-5-17(2)6-10-20/h3-11,13,15H,1-2H3. The molecule has 3 aromatic rings. The van der Waals surface area contributed by atoms with Crippen LogP contribution >= 0.6 is 11.3 Å². The number of rotatable bonds is 3. The Morgan fingerprint density at radius 3 is 1.89 bits per heavy atom. The molecule has 0 radical (unpaired) electrons. The Hall–Kier alpha value is -2.40. The molecule has 0 saturated heterocycles. The average Bonchev–Trinajstić information content (AvgIpc) is 3.14. The van der Waals surface area contributed by atoms with Gasteiger partial charge in [-0.15, -0.1) is 0 Å². The molecule has 1 heterocycles. The van der Waals surface area contributed by atoms with E-state index in [0.29, 0.717) is 5.56 Å². The van der Waals surface area contributed by atoms with Crippen LogP contribution in [0.3, 0.4) is 0 Å². The summed E-state index contributed by atoms with van der Waals surface area (Å²) in [6, 6.07) is 14.8. The highest BCUT2D eigenvalue weighted by Gasteiger charge is 2.19. The lowest BCUT2D eigenvalue weighted by atomic mass is 10.2. The molecule has 0 saturated carbocycles. The summed E-state index contributed by atoms with van der Waals surface area (Å²) in [5.41, 5.74) is 2.56. The topological polar surface area (TPSA) is 63.6 Å². The van der Waals surface area contributed by atoms with E-state index in [2.05, 4.69) is 14.9 Å². The molecule has 4 nitrogen and oxygen atoms in total. The van der Waals surface area contributed by atoms with Crippen LogP contribution in [0.4, 0.5) is 0 Å². The highest BCUT2D eigenvalue weighted by atomic mass is 32.3. The second-order valence-electron chi connectivity index (χ2n) is 5.94. The molecule has 1 atom stereocenters. The molecule has 3 rings (SSSR count). The van der Waals surface area contributed by atoms with Crippen molar-refractivity contribution in [3.8, 4) is 11.2 Å². The molecule has 0 spiro atoms. The number of aryl methyl sites for hydroxylation is 2. The lowest BCUT2D eigenvalue weighted by Crippen LogP contribution is -2.05. The minimum absolute atomic E-state index is 0.00901. The van der Waals surface area contributed by atoms with E-state index in [1.54, 1.807) is 47.8 Å². The Bertz CT molecular complexity index is 1220. The van der Waals surface area contributed by atoms with Gasteiger partial charge in [-0.3, -0.25) is 0 Å². The molecule has 138 valence electrons. The maximum atomic E-state index is 13.5. The summed E-state index contributed by atoms with van der Waals surface area (Å²) in [6.07, 6.45) is 0. The minimum atomic E-state index is -4.13. The molecule has 27 heavy (non-hydrogen) atoms. The second kappa shape index (κ2) is 7.69. The smallest absolute Gasteiger partial charge is 0.230 e. The van der Waals surface area contributed by atoms with Crippen molar-refractivity contribution in [1.29, 1.82) is 0 Å². The fourth-order valence-corrected chi connectivity index (χ4v) is 6.09. The van der Waals surface area contributed by atoms with Crippen LogP contribution in [-0.4, -0.2) is 12.6 Å². The van der Waals surface area contributed by atoms with Gasteiger partial charge in [-0.2, -0.15) is 19.8 Å². The van der Waals surface area contributed by atoms with Gasteiger partial charge in [0.2, 0.25) is 0 Å². The van der Waals surface area contributed by atoms with Gasteiger partial charge in [-0.25, -0.2) is 4.21 Å².